The molecule has 1 aliphatic heterocycles. The molecule has 1 amide bonds. The lowest BCUT2D eigenvalue weighted by Gasteiger charge is -2.18. The number of hydrogen-bond acceptors (Lipinski definition) is 8. The van der Waals surface area contributed by atoms with Gasteiger partial charge in [0.05, 0.1) is 10.6 Å². The molecule has 0 radical (unpaired) electrons. The molecule has 0 saturated carbocycles. The van der Waals surface area contributed by atoms with E-state index in [1.165, 1.54) is 12.1 Å². The average Bonchev–Trinajstić information content (AvgIpc) is 3.22. The van der Waals surface area contributed by atoms with Crippen LogP contribution in [-0.2, 0) is 14.6 Å². The minimum absolute atomic E-state index is 0.00774. The number of amides is 1. The highest BCUT2D eigenvalue weighted by atomic mass is 32.2. The molecule has 2 aromatic carbocycles. The van der Waals surface area contributed by atoms with Crippen LogP contribution in [0.4, 0.5) is 6.01 Å². The second-order valence-corrected chi connectivity index (χ2v) is 8.66. The van der Waals surface area contributed by atoms with Crippen molar-refractivity contribution in [1.29, 1.82) is 0 Å². The molecule has 9 nitrogen and oxygen atoms in total. The number of anilines is 1. The summed E-state index contributed by atoms with van der Waals surface area (Å²) >= 11 is 0. The predicted molar refractivity (Wildman–Crippen MR) is 107 cm³/mol. The van der Waals surface area contributed by atoms with Crippen LogP contribution in [0.1, 0.15) is 12.8 Å². The van der Waals surface area contributed by atoms with Crippen LogP contribution in [0.15, 0.2) is 57.8 Å². The Hall–Kier alpha value is -3.40. The Morgan fingerprint density at radius 2 is 1.77 bits per heavy atom. The van der Waals surface area contributed by atoms with Crippen LogP contribution < -0.4 is 14.8 Å². The second kappa shape index (κ2) is 8.54. The van der Waals surface area contributed by atoms with E-state index in [4.69, 9.17) is 13.9 Å². The predicted octanol–water partition coefficient (Wildman–Crippen LogP) is 2.70. The van der Waals surface area contributed by atoms with Crippen molar-refractivity contribution in [1.82, 2.24) is 10.2 Å². The largest absolute Gasteiger partial charge is 0.486 e. The van der Waals surface area contributed by atoms with E-state index in [2.05, 4.69) is 15.5 Å². The third-order valence-electron chi connectivity index (χ3n) is 4.38. The maximum atomic E-state index is 12.2. The summed E-state index contributed by atoms with van der Waals surface area (Å²) in [7, 11) is -3.42. The van der Waals surface area contributed by atoms with Crippen molar-refractivity contribution < 1.29 is 27.1 Å². The molecule has 1 aromatic heterocycles. The number of nitrogens with zero attached hydrogens (tertiary/aromatic N) is 2. The van der Waals surface area contributed by atoms with Gasteiger partial charge >= 0.3 is 6.01 Å². The van der Waals surface area contributed by atoms with Crippen LogP contribution >= 0.6 is 0 Å². The number of fused-ring (bicyclic) bond motifs is 1. The molecule has 0 spiro atoms. The summed E-state index contributed by atoms with van der Waals surface area (Å²) in [6, 6.07) is 13.3. The van der Waals surface area contributed by atoms with Crippen molar-refractivity contribution in [3.05, 3.63) is 48.5 Å². The number of carbonyl (C=O) groups is 1. The molecule has 1 N–H and O–H groups in total. The van der Waals surface area contributed by atoms with E-state index in [0.29, 0.717) is 30.3 Å². The SMILES string of the molecule is O=C(CCCS(=O)(=O)c1ccccc1)Nc1nnc(-c2ccc3c(c2)OCCO3)o1. The summed E-state index contributed by atoms with van der Waals surface area (Å²) in [5, 5.41) is 10.2. The number of aromatic nitrogens is 2. The van der Waals surface area contributed by atoms with Gasteiger partial charge in [-0.05, 0) is 36.8 Å². The van der Waals surface area contributed by atoms with Gasteiger partial charge in [0, 0.05) is 12.0 Å². The first-order valence-electron chi connectivity index (χ1n) is 9.32. The normalized spacial score (nSPS) is 13.1. The van der Waals surface area contributed by atoms with Crippen molar-refractivity contribution >= 4 is 21.8 Å². The maximum Gasteiger partial charge on any atom is 0.322 e. The van der Waals surface area contributed by atoms with E-state index in [-0.39, 0.29) is 35.4 Å². The van der Waals surface area contributed by atoms with Crippen LogP contribution in [0.3, 0.4) is 0 Å². The standard InChI is InChI=1S/C20H19N3O6S/c24-18(7-4-12-30(25,26)15-5-2-1-3-6-15)21-20-23-22-19(29-20)14-8-9-16-17(13-14)28-11-10-27-16/h1-3,5-6,8-9,13H,4,7,10-12H2,(H,21,23,24). The lowest BCUT2D eigenvalue weighted by molar-refractivity contribution is -0.116. The summed E-state index contributed by atoms with van der Waals surface area (Å²) in [4.78, 5) is 12.3. The fraction of sp³-hybridized carbons (Fsp3) is 0.250. The van der Waals surface area contributed by atoms with Gasteiger partial charge in [-0.1, -0.05) is 23.3 Å². The lowest BCUT2D eigenvalue weighted by atomic mass is 10.2. The first kappa shape index (κ1) is 19.9. The van der Waals surface area contributed by atoms with Crippen molar-refractivity contribution in [2.75, 3.05) is 24.3 Å². The molecule has 156 valence electrons. The number of ether oxygens (including phenoxy) is 2. The van der Waals surface area contributed by atoms with E-state index >= 15 is 0 Å². The molecule has 0 saturated heterocycles. The molecular weight excluding hydrogens is 410 g/mol. The molecular formula is C20H19N3O6S. The number of benzene rings is 2. The quantitative estimate of drug-likeness (QED) is 0.609. The summed E-state index contributed by atoms with van der Waals surface area (Å²) in [5.41, 5.74) is 0.626. The number of rotatable bonds is 7. The summed E-state index contributed by atoms with van der Waals surface area (Å²) in [5.74, 6) is 0.909. The highest BCUT2D eigenvalue weighted by Gasteiger charge is 2.18. The van der Waals surface area contributed by atoms with Gasteiger partial charge in [0.15, 0.2) is 21.3 Å². The zero-order chi connectivity index (χ0) is 21.0. The van der Waals surface area contributed by atoms with Crippen LogP contribution in [0.25, 0.3) is 11.5 Å². The minimum Gasteiger partial charge on any atom is -0.486 e. The van der Waals surface area contributed by atoms with Gasteiger partial charge in [0.1, 0.15) is 13.2 Å². The van der Waals surface area contributed by atoms with Gasteiger partial charge in [-0.2, -0.15) is 0 Å². The zero-order valence-electron chi connectivity index (χ0n) is 15.9. The van der Waals surface area contributed by atoms with E-state index in [0.717, 1.165) is 0 Å². The first-order chi connectivity index (χ1) is 14.5. The second-order valence-electron chi connectivity index (χ2n) is 6.55. The Morgan fingerprint density at radius 3 is 2.57 bits per heavy atom. The minimum atomic E-state index is -3.42. The van der Waals surface area contributed by atoms with Crippen molar-refractivity contribution in [3.63, 3.8) is 0 Å². The van der Waals surface area contributed by atoms with Gasteiger partial charge in [-0.25, -0.2) is 8.42 Å². The van der Waals surface area contributed by atoms with Crippen LogP contribution in [0.5, 0.6) is 11.5 Å². The van der Waals surface area contributed by atoms with Gasteiger partial charge in [0.2, 0.25) is 11.8 Å². The Morgan fingerprint density at radius 1 is 1.00 bits per heavy atom. The molecule has 0 bridgehead atoms. The Kier molecular flexibility index (Phi) is 5.66. The Balaban J connectivity index is 1.32. The van der Waals surface area contributed by atoms with Gasteiger partial charge in [-0.15, -0.1) is 5.10 Å². The number of sulfone groups is 1. The first-order valence-corrected chi connectivity index (χ1v) is 11.0. The lowest BCUT2D eigenvalue weighted by Crippen LogP contribution is -2.15. The maximum absolute atomic E-state index is 12.2. The van der Waals surface area contributed by atoms with Crippen molar-refractivity contribution in [2.24, 2.45) is 0 Å². The molecule has 0 aliphatic carbocycles. The van der Waals surface area contributed by atoms with E-state index in [9.17, 15) is 13.2 Å². The third-order valence-corrected chi connectivity index (χ3v) is 6.20. The monoisotopic (exact) mass is 429 g/mol. The summed E-state index contributed by atoms with van der Waals surface area (Å²) in [6.45, 7) is 0.956. The average molecular weight is 429 g/mol. The van der Waals surface area contributed by atoms with Gasteiger partial charge in [-0.3, -0.25) is 10.1 Å². The third kappa shape index (κ3) is 4.60. The molecule has 0 unspecified atom stereocenters. The molecule has 0 atom stereocenters. The number of hydrogen-bond donors (Lipinski definition) is 1. The van der Waals surface area contributed by atoms with E-state index in [1.807, 2.05) is 0 Å². The topological polar surface area (TPSA) is 121 Å². The van der Waals surface area contributed by atoms with Crippen LogP contribution in [0.2, 0.25) is 0 Å². The van der Waals surface area contributed by atoms with Crippen molar-refractivity contribution in [2.45, 2.75) is 17.7 Å². The molecule has 2 heterocycles. The highest BCUT2D eigenvalue weighted by molar-refractivity contribution is 7.91. The van der Waals surface area contributed by atoms with E-state index < -0.39 is 15.7 Å². The van der Waals surface area contributed by atoms with Crippen molar-refractivity contribution in [3.8, 4) is 23.0 Å². The fourth-order valence-corrected chi connectivity index (χ4v) is 4.25. The molecule has 3 aromatic rings. The molecule has 1 aliphatic rings. The van der Waals surface area contributed by atoms with Gasteiger partial charge in [0.25, 0.3) is 0 Å². The van der Waals surface area contributed by atoms with Crippen LogP contribution in [0, 0.1) is 0 Å². The number of nitrogens with one attached hydrogen (secondary N) is 1. The Labute approximate surface area is 172 Å². The van der Waals surface area contributed by atoms with Gasteiger partial charge < -0.3 is 13.9 Å². The highest BCUT2D eigenvalue weighted by Crippen LogP contribution is 2.34. The van der Waals surface area contributed by atoms with Crippen LogP contribution in [-0.4, -0.2) is 43.5 Å². The summed E-state index contributed by atoms with van der Waals surface area (Å²) in [6.07, 6.45) is 0.181. The molecule has 30 heavy (non-hydrogen) atoms. The Bertz CT molecular complexity index is 1140. The number of carbonyl (C=O) groups excluding carboxylic acids is 1. The summed E-state index contributed by atoms with van der Waals surface area (Å²) < 4.78 is 41.0. The molecule has 4 rings (SSSR count). The molecule has 10 heteroatoms. The van der Waals surface area contributed by atoms with E-state index in [1.54, 1.807) is 36.4 Å². The fourth-order valence-electron chi connectivity index (χ4n) is 2.92. The zero-order valence-corrected chi connectivity index (χ0v) is 16.7. The smallest absolute Gasteiger partial charge is 0.322 e. The molecule has 0 fully saturated rings.